The third-order valence-corrected chi connectivity index (χ3v) is 4.16. The molecule has 1 saturated carbocycles. The molecule has 2 rings (SSSR count). The molecule has 1 atom stereocenters. The fraction of sp³-hybridized carbons (Fsp3) is 0.471. The zero-order valence-corrected chi connectivity index (χ0v) is 13.0. The van der Waals surface area contributed by atoms with Gasteiger partial charge in [0, 0.05) is 0 Å². The Morgan fingerprint density at radius 1 is 1.30 bits per heavy atom. The van der Waals surface area contributed by atoms with Crippen LogP contribution in [0.4, 0.5) is 0 Å². The first kappa shape index (κ1) is 16.8. The maximum Gasteiger partial charge on any atom is 0.329 e. The lowest BCUT2D eigenvalue weighted by atomic mass is 9.81. The molecular formula is C17H20N2O4. The van der Waals surface area contributed by atoms with Crippen molar-refractivity contribution < 1.29 is 19.4 Å². The molecule has 23 heavy (non-hydrogen) atoms. The van der Waals surface area contributed by atoms with Crippen molar-refractivity contribution in [2.75, 3.05) is 0 Å². The highest BCUT2D eigenvalue weighted by atomic mass is 16.5. The van der Waals surface area contributed by atoms with E-state index < -0.39 is 23.5 Å². The van der Waals surface area contributed by atoms with Gasteiger partial charge in [-0.05, 0) is 31.9 Å². The quantitative estimate of drug-likeness (QED) is 0.867. The van der Waals surface area contributed by atoms with Gasteiger partial charge in [0.25, 0.3) is 5.91 Å². The second-order valence-electron chi connectivity index (χ2n) is 5.81. The number of carbonyl (C=O) groups is 2. The van der Waals surface area contributed by atoms with Crippen molar-refractivity contribution in [3.05, 3.63) is 29.8 Å². The van der Waals surface area contributed by atoms with E-state index in [9.17, 15) is 14.7 Å². The van der Waals surface area contributed by atoms with E-state index >= 15 is 0 Å². The molecule has 0 aromatic heterocycles. The number of carboxylic acid groups (broad SMARTS) is 1. The van der Waals surface area contributed by atoms with Crippen LogP contribution in [0.2, 0.25) is 0 Å². The van der Waals surface area contributed by atoms with Crippen LogP contribution < -0.4 is 10.1 Å². The van der Waals surface area contributed by atoms with Crippen molar-refractivity contribution >= 4 is 11.9 Å². The fourth-order valence-electron chi connectivity index (χ4n) is 2.79. The summed E-state index contributed by atoms with van der Waals surface area (Å²) in [5.74, 6) is -1.18. The van der Waals surface area contributed by atoms with Crippen LogP contribution in [0.5, 0.6) is 5.75 Å². The van der Waals surface area contributed by atoms with Crippen LogP contribution in [0.1, 0.15) is 44.6 Å². The monoisotopic (exact) mass is 316 g/mol. The lowest BCUT2D eigenvalue weighted by Gasteiger charge is -2.34. The number of hydrogen-bond donors (Lipinski definition) is 2. The molecule has 0 heterocycles. The van der Waals surface area contributed by atoms with E-state index in [1.54, 1.807) is 31.2 Å². The van der Waals surface area contributed by atoms with Gasteiger partial charge < -0.3 is 15.2 Å². The number of benzene rings is 1. The third-order valence-electron chi connectivity index (χ3n) is 4.16. The Morgan fingerprint density at radius 3 is 2.57 bits per heavy atom. The number of para-hydroxylation sites is 1. The van der Waals surface area contributed by atoms with Crippen LogP contribution >= 0.6 is 0 Å². The molecule has 0 radical (unpaired) electrons. The first-order chi connectivity index (χ1) is 11.0. The summed E-state index contributed by atoms with van der Waals surface area (Å²) in [4.78, 5) is 23.9. The number of aliphatic carboxylic acids is 1. The fourth-order valence-corrected chi connectivity index (χ4v) is 2.79. The first-order valence-corrected chi connectivity index (χ1v) is 7.70. The van der Waals surface area contributed by atoms with Crippen LogP contribution in [0.15, 0.2) is 24.3 Å². The minimum absolute atomic E-state index is 0.311. The van der Waals surface area contributed by atoms with Crippen molar-refractivity contribution in [3.8, 4) is 11.8 Å². The minimum Gasteiger partial charge on any atom is -0.480 e. The highest BCUT2D eigenvalue weighted by Crippen LogP contribution is 2.29. The predicted molar refractivity (Wildman–Crippen MR) is 82.8 cm³/mol. The topological polar surface area (TPSA) is 99.4 Å². The second-order valence-corrected chi connectivity index (χ2v) is 5.81. The van der Waals surface area contributed by atoms with Gasteiger partial charge in [0.1, 0.15) is 17.4 Å². The molecule has 0 aliphatic heterocycles. The van der Waals surface area contributed by atoms with Gasteiger partial charge in [-0.3, -0.25) is 4.79 Å². The van der Waals surface area contributed by atoms with Crippen molar-refractivity contribution in [3.63, 3.8) is 0 Å². The van der Waals surface area contributed by atoms with E-state index in [1.165, 1.54) is 0 Å². The molecule has 1 aliphatic rings. The van der Waals surface area contributed by atoms with Gasteiger partial charge in [0.05, 0.1) is 5.56 Å². The van der Waals surface area contributed by atoms with Gasteiger partial charge in [-0.1, -0.05) is 31.4 Å². The molecule has 0 saturated heterocycles. The van der Waals surface area contributed by atoms with E-state index in [0.29, 0.717) is 24.2 Å². The number of nitriles is 1. The van der Waals surface area contributed by atoms with Crippen molar-refractivity contribution in [2.45, 2.75) is 50.7 Å². The molecule has 6 nitrogen and oxygen atoms in total. The lowest BCUT2D eigenvalue weighted by molar-refractivity contribution is -0.150. The maximum atomic E-state index is 12.3. The Morgan fingerprint density at radius 2 is 1.96 bits per heavy atom. The molecule has 0 bridgehead atoms. The predicted octanol–water partition coefficient (Wildman–Crippen LogP) is 2.23. The molecule has 0 spiro atoms. The van der Waals surface area contributed by atoms with Crippen LogP contribution in [0.25, 0.3) is 0 Å². The number of hydrogen-bond acceptors (Lipinski definition) is 4. The molecule has 1 aromatic rings. The SMILES string of the molecule is C[C@H](Oc1ccccc1C#N)C(=O)NC1(C(=O)O)CCCCC1. The number of rotatable bonds is 5. The molecule has 1 fully saturated rings. The maximum absolute atomic E-state index is 12.3. The molecule has 122 valence electrons. The Kier molecular flexibility index (Phi) is 5.22. The normalized spacial score (nSPS) is 17.6. The summed E-state index contributed by atoms with van der Waals surface area (Å²) in [7, 11) is 0. The Labute approximate surface area is 135 Å². The number of ether oxygens (including phenoxy) is 1. The molecule has 1 aromatic carbocycles. The number of carbonyl (C=O) groups excluding carboxylic acids is 1. The van der Waals surface area contributed by atoms with E-state index in [1.807, 2.05) is 6.07 Å². The molecule has 1 aliphatic carbocycles. The standard InChI is InChI=1S/C17H20N2O4/c1-12(23-14-8-4-3-7-13(14)11-18)15(20)19-17(16(21)22)9-5-2-6-10-17/h3-4,7-8,12H,2,5-6,9-10H2,1H3,(H,19,20)(H,21,22)/t12-/m0/s1. The molecular weight excluding hydrogens is 296 g/mol. The summed E-state index contributed by atoms with van der Waals surface area (Å²) in [6, 6.07) is 8.62. The molecule has 6 heteroatoms. The van der Waals surface area contributed by atoms with Crippen molar-refractivity contribution in [2.24, 2.45) is 0 Å². The molecule has 2 N–H and O–H groups in total. The van der Waals surface area contributed by atoms with Gasteiger partial charge in [0.15, 0.2) is 6.10 Å². The number of nitrogens with one attached hydrogen (secondary N) is 1. The first-order valence-electron chi connectivity index (χ1n) is 7.70. The molecule has 0 unspecified atom stereocenters. The average molecular weight is 316 g/mol. The number of nitrogens with zero attached hydrogens (tertiary/aromatic N) is 1. The van der Waals surface area contributed by atoms with Crippen LogP contribution in [-0.2, 0) is 9.59 Å². The van der Waals surface area contributed by atoms with Gasteiger partial charge in [-0.2, -0.15) is 5.26 Å². The second kappa shape index (κ2) is 7.14. The minimum atomic E-state index is -1.21. The van der Waals surface area contributed by atoms with Crippen molar-refractivity contribution in [1.82, 2.24) is 5.32 Å². The summed E-state index contributed by atoms with van der Waals surface area (Å²) in [5, 5.41) is 21.2. The zero-order chi connectivity index (χ0) is 16.9. The van der Waals surface area contributed by atoms with E-state index in [2.05, 4.69) is 5.32 Å². The summed E-state index contributed by atoms with van der Waals surface area (Å²) < 4.78 is 5.54. The zero-order valence-electron chi connectivity index (χ0n) is 13.0. The van der Waals surface area contributed by atoms with E-state index in [-0.39, 0.29) is 0 Å². The summed E-state index contributed by atoms with van der Waals surface area (Å²) in [5.41, 5.74) is -0.875. The highest BCUT2D eigenvalue weighted by Gasteiger charge is 2.41. The molecule has 1 amide bonds. The van der Waals surface area contributed by atoms with Crippen LogP contribution in [0.3, 0.4) is 0 Å². The average Bonchev–Trinajstić information content (AvgIpc) is 2.56. The van der Waals surface area contributed by atoms with Gasteiger partial charge in [-0.25, -0.2) is 4.79 Å². The number of amides is 1. The van der Waals surface area contributed by atoms with E-state index in [4.69, 9.17) is 10.00 Å². The highest BCUT2D eigenvalue weighted by molar-refractivity contribution is 5.89. The summed E-state index contributed by atoms with van der Waals surface area (Å²) >= 11 is 0. The summed E-state index contributed by atoms with van der Waals surface area (Å²) in [6.45, 7) is 1.54. The van der Waals surface area contributed by atoms with Gasteiger partial charge in [0.2, 0.25) is 0 Å². The van der Waals surface area contributed by atoms with Gasteiger partial charge in [-0.15, -0.1) is 0 Å². The Balaban J connectivity index is 2.07. The Bertz CT molecular complexity index is 630. The smallest absolute Gasteiger partial charge is 0.329 e. The van der Waals surface area contributed by atoms with E-state index in [0.717, 1.165) is 19.3 Å². The van der Waals surface area contributed by atoms with Gasteiger partial charge >= 0.3 is 5.97 Å². The Hall–Kier alpha value is -2.55. The lowest BCUT2D eigenvalue weighted by Crippen LogP contribution is -2.58. The van der Waals surface area contributed by atoms with Crippen molar-refractivity contribution in [1.29, 1.82) is 5.26 Å². The number of carboxylic acids is 1. The van der Waals surface area contributed by atoms with Crippen LogP contribution in [0, 0.1) is 11.3 Å². The summed E-state index contributed by atoms with van der Waals surface area (Å²) in [6.07, 6.45) is 2.50. The largest absolute Gasteiger partial charge is 0.480 e. The third kappa shape index (κ3) is 3.81. The van der Waals surface area contributed by atoms with Crippen LogP contribution in [-0.4, -0.2) is 28.6 Å².